The average Bonchev–Trinajstić information content (AvgIpc) is 3.21. The van der Waals surface area contributed by atoms with Gasteiger partial charge in [-0.2, -0.15) is 0 Å². The zero-order valence-electron chi connectivity index (χ0n) is 18.0. The molecule has 9 heteroatoms. The molecule has 0 unspecified atom stereocenters. The Morgan fingerprint density at radius 3 is 2.69 bits per heavy atom. The van der Waals surface area contributed by atoms with Crippen molar-refractivity contribution in [2.75, 3.05) is 20.8 Å². The largest absolute Gasteiger partial charge is 0.494 e. The third-order valence-electron chi connectivity index (χ3n) is 4.51. The average molecular weight is 459 g/mol. The van der Waals surface area contributed by atoms with Crippen molar-refractivity contribution in [3.8, 4) is 11.5 Å². The van der Waals surface area contributed by atoms with E-state index in [4.69, 9.17) is 14.2 Å². The first kappa shape index (κ1) is 23.2. The summed E-state index contributed by atoms with van der Waals surface area (Å²) in [6.45, 7) is 1.94. The molecule has 3 rings (SSSR count). The predicted octanol–water partition coefficient (Wildman–Crippen LogP) is 3.99. The number of methoxy groups -OCH3 is 1. The van der Waals surface area contributed by atoms with Gasteiger partial charge in [0.05, 0.1) is 23.4 Å². The number of ether oxygens (including phenoxy) is 3. The minimum Gasteiger partial charge on any atom is -0.494 e. The standard InChI is InChI=1S/C23H23FN2O5S/c1-15-25-18(14-32-15)12-30-19-6-4-5-17(10-19)23(28)31-13-22(27)26(2)11-16-7-8-21(29-3)20(24)9-16/h4-10,14H,11-13H2,1-3H3. The first-order valence-electron chi connectivity index (χ1n) is 9.73. The molecule has 0 saturated carbocycles. The number of nitrogens with zero attached hydrogens (tertiary/aromatic N) is 2. The lowest BCUT2D eigenvalue weighted by atomic mass is 10.2. The molecular weight excluding hydrogens is 435 g/mol. The molecule has 0 N–H and O–H groups in total. The highest BCUT2D eigenvalue weighted by Gasteiger charge is 2.15. The molecule has 3 aromatic rings. The number of carbonyl (C=O) groups excluding carboxylic acids is 2. The molecule has 0 aliphatic rings. The summed E-state index contributed by atoms with van der Waals surface area (Å²) in [4.78, 5) is 30.3. The Labute approximate surface area is 189 Å². The van der Waals surface area contributed by atoms with E-state index in [1.54, 1.807) is 37.4 Å². The van der Waals surface area contributed by atoms with Crippen molar-refractivity contribution in [1.29, 1.82) is 0 Å². The lowest BCUT2D eigenvalue weighted by Gasteiger charge is -2.17. The number of hydrogen-bond acceptors (Lipinski definition) is 7. The van der Waals surface area contributed by atoms with E-state index in [0.29, 0.717) is 11.3 Å². The normalized spacial score (nSPS) is 10.5. The highest BCUT2D eigenvalue weighted by molar-refractivity contribution is 7.09. The molecule has 0 saturated heterocycles. The Hall–Kier alpha value is -3.46. The summed E-state index contributed by atoms with van der Waals surface area (Å²) in [6, 6.07) is 11.0. The van der Waals surface area contributed by atoms with Crippen molar-refractivity contribution in [1.82, 2.24) is 9.88 Å². The second-order valence-electron chi connectivity index (χ2n) is 6.97. The summed E-state index contributed by atoms with van der Waals surface area (Å²) < 4.78 is 29.5. The van der Waals surface area contributed by atoms with E-state index >= 15 is 0 Å². The van der Waals surface area contributed by atoms with E-state index in [0.717, 1.165) is 10.7 Å². The fourth-order valence-electron chi connectivity index (χ4n) is 2.84. The van der Waals surface area contributed by atoms with Crippen molar-refractivity contribution >= 4 is 23.2 Å². The number of esters is 1. The summed E-state index contributed by atoms with van der Waals surface area (Å²) in [5.41, 5.74) is 1.67. The zero-order valence-corrected chi connectivity index (χ0v) is 18.8. The third-order valence-corrected chi connectivity index (χ3v) is 5.33. The van der Waals surface area contributed by atoms with Gasteiger partial charge in [0.2, 0.25) is 0 Å². The molecule has 0 bridgehead atoms. The van der Waals surface area contributed by atoms with Crippen molar-refractivity contribution < 1.29 is 28.2 Å². The highest BCUT2D eigenvalue weighted by Crippen LogP contribution is 2.19. The van der Waals surface area contributed by atoms with Crippen LogP contribution in [0.3, 0.4) is 0 Å². The van der Waals surface area contributed by atoms with E-state index in [9.17, 15) is 14.0 Å². The Morgan fingerprint density at radius 2 is 2.00 bits per heavy atom. The van der Waals surface area contributed by atoms with Crippen molar-refractivity contribution in [3.05, 3.63) is 75.5 Å². The fraction of sp³-hybridized carbons (Fsp3) is 0.261. The second kappa shape index (κ2) is 10.7. The maximum Gasteiger partial charge on any atom is 0.338 e. The van der Waals surface area contributed by atoms with Gasteiger partial charge in [-0.1, -0.05) is 12.1 Å². The Morgan fingerprint density at radius 1 is 1.19 bits per heavy atom. The van der Waals surface area contributed by atoms with Gasteiger partial charge in [-0.15, -0.1) is 11.3 Å². The smallest absolute Gasteiger partial charge is 0.338 e. The maximum atomic E-state index is 13.8. The van der Waals surface area contributed by atoms with E-state index < -0.39 is 24.3 Å². The summed E-state index contributed by atoms with van der Waals surface area (Å²) >= 11 is 1.54. The van der Waals surface area contributed by atoms with Crippen LogP contribution in [-0.4, -0.2) is 42.5 Å². The molecule has 1 aromatic heterocycles. The predicted molar refractivity (Wildman–Crippen MR) is 117 cm³/mol. The quantitative estimate of drug-likeness (QED) is 0.451. The number of aromatic nitrogens is 1. The number of carbonyl (C=O) groups is 2. The molecule has 0 radical (unpaired) electrons. The number of benzene rings is 2. The molecule has 0 aliphatic carbocycles. The van der Waals surface area contributed by atoms with Gasteiger partial charge >= 0.3 is 5.97 Å². The molecular formula is C23H23FN2O5S. The molecule has 0 atom stereocenters. The van der Waals surface area contributed by atoms with Gasteiger partial charge in [-0.05, 0) is 42.8 Å². The lowest BCUT2D eigenvalue weighted by Crippen LogP contribution is -2.30. The number of hydrogen-bond donors (Lipinski definition) is 0. The minimum absolute atomic E-state index is 0.129. The van der Waals surface area contributed by atoms with E-state index in [1.807, 2.05) is 12.3 Å². The number of thiazole rings is 1. The zero-order chi connectivity index (χ0) is 23.1. The summed E-state index contributed by atoms with van der Waals surface area (Å²) in [5.74, 6) is -0.943. The monoisotopic (exact) mass is 458 g/mol. The van der Waals surface area contributed by atoms with E-state index in [1.165, 1.54) is 35.5 Å². The van der Waals surface area contributed by atoms with Crippen molar-refractivity contribution in [2.24, 2.45) is 0 Å². The van der Waals surface area contributed by atoms with Crippen LogP contribution in [-0.2, 0) is 22.7 Å². The minimum atomic E-state index is -0.641. The summed E-state index contributed by atoms with van der Waals surface area (Å²) in [6.07, 6.45) is 0. The third kappa shape index (κ3) is 6.27. The van der Waals surface area contributed by atoms with Crippen LogP contribution < -0.4 is 9.47 Å². The van der Waals surface area contributed by atoms with Crippen LogP contribution in [0.4, 0.5) is 4.39 Å². The maximum absolute atomic E-state index is 13.8. The van der Waals surface area contributed by atoms with Gasteiger partial charge in [0.25, 0.3) is 5.91 Å². The van der Waals surface area contributed by atoms with Gasteiger partial charge in [-0.25, -0.2) is 14.2 Å². The first-order valence-corrected chi connectivity index (χ1v) is 10.6. The van der Waals surface area contributed by atoms with Gasteiger partial charge < -0.3 is 19.1 Å². The van der Waals surface area contributed by atoms with Gasteiger partial charge in [0.15, 0.2) is 18.2 Å². The van der Waals surface area contributed by atoms with Crippen molar-refractivity contribution in [2.45, 2.75) is 20.1 Å². The molecule has 2 aromatic carbocycles. The van der Waals surface area contributed by atoms with Crippen LogP contribution in [0.1, 0.15) is 26.6 Å². The van der Waals surface area contributed by atoms with Crippen LogP contribution in [0.2, 0.25) is 0 Å². The highest BCUT2D eigenvalue weighted by atomic mass is 32.1. The number of aryl methyl sites for hydroxylation is 1. The SMILES string of the molecule is COc1ccc(CN(C)C(=O)COC(=O)c2cccc(OCc3csc(C)n3)c2)cc1F. The molecule has 0 fully saturated rings. The molecule has 1 amide bonds. The molecule has 7 nitrogen and oxygen atoms in total. The van der Waals surface area contributed by atoms with E-state index in [-0.39, 0.29) is 24.5 Å². The van der Waals surface area contributed by atoms with E-state index in [2.05, 4.69) is 4.98 Å². The molecule has 1 heterocycles. The van der Waals surface area contributed by atoms with Crippen LogP contribution in [0.5, 0.6) is 11.5 Å². The van der Waals surface area contributed by atoms with Gasteiger partial charge in [0, 0.05) is 19.0 Å². The summed E-state index contributed by atoms with van der Waals surface area (Å²) in [7, 11) is 2.93. The van der Waals surface area contributed by atoms with Crippen molar-refractivity contribution in [3.63, 3.8) is 0 Å². The number of halogens is 1. The molecule has 168 valence electrons. The fourth-order valence-corrected chi connectivity index (χ4v) is 3.43. The Kier molecular flexibility index (Phi) is 7.77. The Balaban J connectivity index is 1.51. The van der Waals surface area contributed by atoms with Crippen LogP contribution in [0.25, 0.3) is 0 Å². The molecule has 0 aliphatic heterocycles. The topological polar surface area (TPSA) is 78.0 Å². The van der Waals surface area contributed by atoms with Gasteiger partial charge in [0.1, 0.15) is 12.4 Å². The first-order chi connectivity index (χ1) is 15.4. The van der Waals surface area contributed by atoms with Crippen LogP contribution >= 0.6 is 11.3 Å². The molecule has 32 heavy (non-hydrogen) atoms. The Bertz CT molecular complexity index is 1100. The van der Waals surface area contributed by atoms with Gasteiger partial charge in [-0.3, -0.25) is 4.79 Å². The summed E-state index contributed by atoms with van der Waals surface area (Å²) in [5, 5.41) is 2.86. The number of likely N-dealkylation sites (N-methyl/N-ethyl adjacent to an activating group) is 1. The molecule has 0 spiro atoms. The lowest BCUT2D eigenvalue weighted by molar-refractivity contribution is -0.133. The van der Waals surface area contributed by atoms with Crippen LogP contribution in [0, 0.1) is 12.7 Å². The number of amides is 1. The number of rotatable bonds is 9. The second-order valence-corrected chi connectivity index (χ2v) is 8.03. The van der Waals surface area contributed by atoms with Crippen LogP contribution in [0.15, 0.2) is 47.8 Å².